The molecule has 0 radical (unpaired) electrons. The largest absolute Gasteiger partial charge is 0.326 e. The first-order chi connectivity index (χ1) is 7.83. The molecule has 0 aliphatic rings. The first-order valence-corrected chi connectivity index (χ1v) is 7.86. The van der Waals surface area contributed by atoms with E-state index in [1.54, 1.807) is 0 Å². The minimum absolute atomic E-state index is 0.0577. The number of thioether (sulfide) groups is 1. The van der Waals surface area contributed by atoms with E-state index in [1.807, 2.05) is 0 Å². The summed E-state index contributed by atoms with van der Waals surface area (Å²) in [5, 5.41) is 0. The predicted molar refractivity (Wildman–Crippen MR) is 64.7 cm³/mol. The molecule has 17 heavy (non-hydrogen) atoms. The molecule has 1 rings (SSSR count). The Morgan fingerprint density at radius 2 is 1.82 bits per heavy atom. The van der Waals surface area contributed by atoms with Gasteiger partial charge in [0.05, 0.1) is 10.6 Å². The first kappa shape index (κ1) is 14.4. The molecule has 2 N–H and O–H groups in total. The minimum Gasteiger partial charge on any atom is -0.326 e. The highest BCUT2D eigenvalue weighted by Gasteiger charge is 2.12. The van der Waals surface area contributed by atoms with Crippen LogP contribution < -0.4 is 5.73 Å². The molecule has 0 unspecified atom stereocenters. The van der Waals surface area contributed by atoms with Gasteiger partial charge in [-0.05, 0) is 17.7 Å². The zero-order chi connectivity index (χ0) is 13.1. The lowest BCUT2D eigenvalue weighted by atomic mass is 10.2. The third-order valence-electron chi connectivity index (χ3n) is 1.99. The average molecular weight is 281 g/mol. The lowest BCUT2D eigenvalue weighted by molar-refractivity contribution is 0.537. The summed E-state index contributed by atoms with van der Waals surface area (Å²) in [6.45, 7) is 0.0577. The Morgan fingerprint density at radius 1 is 1.29 bits per heavy atom. The van der Waals surface area contributed by atoms with Crippen LogP contribution in [-0.4, -0.2) is 26.2 Å². The van der Waals surface area contributed by atoms with Crippen molar-refractivity contribution in [1.29, 1.82) is 0 Å². The average Bonchev–Trinajstić information content (AvgIpc) is 2.20. The monoisotopic (exact) mass is 281 g/mol. The number of halogens is 2. The van der Waals surface area contributed by atoms with E-state index in [2.05, 4.69) is 0 Å². The Morgan fingerprint density at radius 3 is 2.24 bits per heavy atom. The van der Waals surface area contributed by atoms with Crippen LogP contribution in [-0.2, 0) is 16.4 Å². The van der Waals surface area contributed by atoms with Gasteiger partial charge in [0.2, 0.25) is 0 Å². The third kappa shape index (κ3) is 4.61. The van der Waals surface area contributed by atoms with Gasteiger partial charge in [-0.2, -0.15) is 0 Å². The molecule has 0 fully saturated rings. The second kappa shape index (κ2) is 5.79. The van der Waals surface area contributed by atoms with E-state index in [1.165, 1.54) is 0 Å². The maximum atomic E-state index is 13.5. The van der Waals surface area contributed by atoms with Crippen LogP contribution in [0.15, 0.2) is 17.0 Å². The molecule has 1 aromatic carbocycles. The molecule has 1 aromatic rings. The van der Waals surface area contributed by atoms with Crippen molar-refractivity contribution in [3.63, 3.8) is 0 Å². The molecule has 3 nitrogen and oxygen atoms in total. The van der Waals surface area contributed by atoms with Crippen LogP contribution in [0.4, 0.5) is 8.78 Å². The first-order valence-electron chi connectivity index (χ1n) is 4.82. The van der Waals surface area contributed by atoms with Gasteiger partial charge in [0, 0.05) is 18.6 Å². The van der Waals surface area contributed by atoms with Crippen LogP contribution in [0.1, 0.15) is 5.56 Å². The van der Waals surface area contributed by atoms with Gasteiger partial charge in [0.15, 0.2) is 0 Å². The van der Waals surface area contributed by atoms with E-state index >= 15 is 0 Å². The van der Waals surface area contributed by atoms with Gasteiger partial charge in [0.25, 0.3) is 0 Å². The van der Waals surface area contributed by atoms with Gasteiger partial charge in [-0.25, -0.2) is 17.2 Å². The van der Waals surface area contributed by atoms with E-state index < -0.39 is 21.5 Å². The molecule has 0 bridgehead atoms. The molecule has 0 spiro atoms. The molecule has 0 aromatic heterocycles. The normalized spacial score (nSPS) is 11.8. The van der Waals surface area contributed by atoms with Crippen molar-refractivity contribution in [1.82, 2.24) is 0 Å². The molecule has 0 aliphatic heterocycles. The summed E-state index contributed by atoms with van der Waals surface area (Å²) < 4.78 is 48.7. The molecule has 0 atom stereocenters. The van der Waals surface area contributed by atoms with E-state index in [4.69, 9.17) is 5.73 Å². The molecule has 0 amide bonds. The topological polar surface area (TPSA) is 60.2 Å². The van der Waals surface area contributed by atoms with Crippen LogP contribution in [0.2, 0.25) is 0 Å². The fourth-order valence-corrected chi connectivity index (χ4v) is 3.31. The smallest absolute Gasteiger partial charge is 0.148 e. The van der Waals surface area contributed by atoms with Gasteiger partial charge in [-0.15, -0.1) is 11.8 Å². The second-order valence-corrected chi connectivity index (χ2v) is 6.94. The summed E-state index contributed by atoms with van der Waals surface area (Å²) in [6, 6.07) is 2.32. The van der Waals surface area contributed by atoms with Gasteiger partial charge in [0.1, 0.15) is 21.5 Å². The summed E-state index contributed by atoms with van der Waals surface area (Å²) in [6.07, 6.45) is 1.08. The molecule has 0 saturated heterocycles. The molecule has 7 heteroatoms. The molecule has 0 heterocycles. The Kier molecular flexibility index (Phi) is 4.91. The Balaban J connectivity index is 2.78. The summed E-state index contributed by atoms with van der Waals surface area (Å²) in [7, 11) is -3.12. The van der Waals surface area contributed by atoms with Gasteiger partial charge in [-0.3, -0.25) is 0 Å². The lowest BCUT2D eigenvalue weighted by Gasteiger charge is -2.06. The van der Waals surface area contributed by atoms with Crippen molar-refractivity contribution < 1.29 is 17.2 Å². The number of hydrogen-bond acceptors (Lipinski definition) is 4. The van der Waals surface area contributed by atoms with E-state index in [0.29, 0.717) is 5.56 Å². The quantitative estimate of drug-likeness (QED) is 0.832. The third-order valence-corrected chi connectivity index (χ3v) is 4.29. The number of sulfone groups is 1. The van der Waals surface area contributed by atoms with Crippen LogP contribution in [0.5, 0.6) is 0 Å². The zero-order valence-corrected chi connectivity index (χ0v) is 10.9. The van der Waals surface area contributed by atoms with Gasteiger partial charge in [-0.1, -0.05) is 0 Å². The molecule has 0 aliphatic carbocycles. The molecular weight excluding hydrogens is 268 g/mol. The fourth-order valence-electron chi connectivity index (χ4n) is 1.16. The fraction of sp³-hybridized carbons (Fsp3) is 0.400. The zero-order valence-electron chi connectivity index (χ0n) is 9.24. The van der Waals surface area contributed by atoms with Crippen LogP contribution >= 0.6 is 11.8 Å². The highest BCUT2D eigenvalue weighted by Crippen LogP contribution is 2.26. The van der Waals surface area contributed by atoms with Crippen molar-refractivity contribution in [2.24, 2.45) is 5.73 Å². The molecule has 0 saturated carbocycles. The van der Waals surface area contributed by atoms with Crippen molar-refractivity contribution in [2.45, 2.75) is 11.4 Å². The highest BCUT2D eigenvalue weighted by atomic mass is 32.2. The lowest BCUT2D eigenvalue weighted by Crippen LogP contribution is -2.06. The number of nitrogens with two attached hydrogens (primary N) is 1. The molecular formula is C10H13F2NO2S2. The SMILES string of the molecule is CS(=O)(=O)CCSc1c(F)cc(CN)cc1F. The van der Waals surface area contributed by atoms with Crippen molar-refractivity contribution in [3.05, 3.63) is 29.3 Å². The summed E-state index contributed by atoms with van der Waals surface area (Å²) >= 11 is 0.850. The highest BCUT2D eigenvalue weighted by molar-refractivity contribution is 8.00. The van der Waals surface area contributed by atoms with Crippen molar-refractivity contribution in [3.8, 4) is 0 Å². The van der Waals surface area contributed by atoms with Crippen LogP contribution in [0.25, 0.3) is 0 Å². The van der Waals surface area contributed by atoms with E-state index in [9.17, 15) is 17.2 Å². The number of rotatable bonds is 5. The second-order valence-electron chi connectivity index (χ2n) is 3.57. The standard InChI is InChI=1S/C10H13F2NO2S2/c1-17(14,15)3-2-16-10-8(11)4-7(6-13)5-9(10)12/h4-5H,2-3,6,13H2,1H3. The van der Waals surface area contributed by atoms with Gasteiger partial charge < -0.3 is 5.73 Å². The predicted octanol–water partition coefficient (Wildman–Crippen LogP) is 1.56. The van der Waals surface area contributed by atoms with Crippen molar-refractivity contribution >= 4 is 21.6 Å². The van der Waals surface area contributed by atoms with E-state index in [0.717, 1.165) is 30.2 Å². The van der Waals surface area contributed by atoms with Gasteiger partial charge >= 0.3 is 0 Å². The Labute approximate surface area is 103 Å². The summed E-state index contributed by atoms with van der Waals surface area (Å²) in [5.41, 5.74) is 5.64. The van der Waals surface area contributed by atoms with Crippen molar-refractivity contribution in [2.75, 3.05) is 17.8 Å². The Hall–Kier alpha value is -0.660. The number of benzene rings is 1. The molecule has 96 valence electrons. The Bertz CT molecular complexity index is 480. The summed E-state index contributed by atoms with van der Waals surface area (Å²) in [5.74, 6) is -1.41. The maximum absolute atomic E-state index is 13.5. The number of hydrogen-bond donors (Lipinski definition) is 1. The van der Waals surface area contributed by atoms with Crippen LogP contribution in [0, 0.1) is 11.6 Å². The maximum Gasteiger partial charge on any atom is 0.148 e. The van der Waals surface area contributed by atoms with E-state index in [-0.39, 0.29) is 22.9 Å². The van der Waals surface area contributed by atoms with Crippen LogP contribution in [0.3, 0.4) is 0 Å². The summed E-state index contributed by atoms with van der Waals surface area (Å²) in [4.78, 5) is -0.161. The minimum atomic E-state index is -3.12.